The third-order valence-electron chi connectivity index (χ3n) is 6.70. The Balaban J connectivity index is 1.61. The number of carbonyl (C=O) groups is 5. The second-order valence-electron chi connectivity index (χ2n) is 11.0. The van der Waals surface area contributed by atoms with Gasteiger partial charge in [-0.15, -0.1) is 0 Å². The van der Waals surface area contributed by atoms with Crippen molar-refractivity contribution in [1.82, 2.24) is 21.3 Å². The summed E-state index contributed by atoms with van der Waals surface area (Å²) in [6.07, 6.45) is 3.07. The lowest BCUT2D eigenvalue weighted by molar-refractivity contribution is -0.132. The molecule has 2 fully saturated rings. The molecule has 10 nitrogen and oxygen atoms in total. The fourth-order valence-electron chi connectivity index (χ4n) is 4.34. The van der Waals surface area contributed by atoms with Crippen molar-refractivity contribution in [3.63, 3.8) is 0 Å². The van der Waals surface area contributed by atoms with Gasteiger partial charge in [-0.3, -0.25) is 14.4 Å². The van der Waals surface area contributed by atoms with Gasteiger partial charge in [0.15, 0.2) is 0 Å². The van der Waals surface area contributed by atoms with E-state index in [1.54, 1.807) is 20.8 Å². The number of amides is 4. The van der Waals surface area contributed by atoms with Crippen LogP contribution in [0.2, 0.25) is 0 Å². The van der Waals surface area contributed by atoms with Gasteiger partial charge in [0.25, 0.3) is 0 Å². The van der Waals surface area contributed by atoms with Crippen LogP contribution in [0, 0.1) is 17.3 Å². The monoisotopic (exact) mass is 514 g/mol. The first kappa shape index (κ1) is 28.1. The van der Waals surface area contributed by atoms with Crippen LogP contribution >= 0.6 is 0 Å². The molecule has 202 valence electrons. The summed E-state index contributed by atoms with van der Waals surface area (Å²) < 4.78 is 5.29. The van der Waals surface area contributed by atoms with E-state index >= 15 is 0 Å². The van der Waals surface area contributed by atoms with Gasteiger partial charge in [-0.1, -0.05) is 63.9 Å². The molecule has 0 unspecified atom stereocenters. The fraction of sp³-hybridized carbons (Fsp3) is 0.593. The van der Waals surface area contributed by atoms with Gasteiger partial charge in [-0.05, 0) is 36.2 Å². The molecule has 4 atom stereocenters. The zero-order valence-corrected chi connectivity index (χ0v) is 21.8. The minimum atomic E-state index is -0.964. The highest BCUT2D eigenvalue weighted by molar-refractivity contribution is 5.92. The van der Waals surface area contributed by atoms with Crippen molar-refractivity contribution in [2.45, 2.75) is 77.6 Å². The molecule has 0 radical (unpaired) electrons. The summed E-state index contributed by atoms with van der Waals surface area (Å²) in [6.45, 7) is 6.03. The van der Waals surface area contributed by atoms with Crippen LogP contribution in [-0.2, 0) is 30.5 Å². The van der Waals surface area contributed by atoms with E-state index in [2.05, 4.69) is 21.3 Å². The molecule has 1 saturated carbocycles. The highest BCUT2D eigenvalue weighted by Gasteiger charge is 2.38. The maximum absolute atomic E-state index is 13.3. The molecule has 1 aromatic carbocycles. The van der Waals surface area contributed by atoms with Crippen molar-refractivity contribution in [2.24, 2.45) is 17.3 Å². The van der Waals surface area contributed by atoms with E-state index in [1.807, 2.05) is 30.3 Å². The number of rotatable bonds is 12. The quantitative estimate of drug-likeness (QED) is 0.314. The maximum Gasteiger partial charge on any atom is 0.408 e. The highest BCUT2D eigenvalue weighted by Crippen LogP contribution is 2.34. The van der Waals surface area contributed by atoms with Crippen molar-refractivity contribution >= 4 is 30.1 Å². The van der Waals surface area contributed by atoms with Gasteiger partial charge in [0, 0.05) is 12.5 Å². The minimum Gasteiger partial charge on any atom is -0.445 e. The molecule has 0 spiro atoms. The number of aldehydes is 1. The molecule has 1 aliphatic heterocycles. The van der Waals surface area contributed by atoms with Crippen LogP contribution in [0.5, 0.6) is 0 Å². The smallest absolute Gasteiger partial charge is 0.408 e. The Morgan fingerprint density at radius 3 is 2.30 bits per heavy atom. The van der Waals surface area contributed by atoms with Crippen LogP contribution in [0.25, 0.3) is 0 Å². The Bertz CT molecular complexity index is 973. The van der Waals surface area contributed by atoms with Crippen LogP contribution in [0.3, 0.4) is 0 Å². The molecule has 1 aromatic rings. The zero-order valence-electron chi connectivity index (χ0n) is 21.8. The predicted octanol–water partition coefficient (Wildman–Crippen LogP) is 1.82. The molecule has 3 rings (SSSR count). The van der Waals surface area contributed by atoms with E-state index in [-0.39, 0.29) is 24.9 Å². The third-order valence-corrected chi connectivity index (χ3v) is 6.70. The van der Waals surface area contributed by atoms with E-state index in [0.717, 1.165) is 18.4 Å². The lowest BCUT2D eigenvalue weighted by atomic mass is 9.86. The van der Waals surface area contributed by atoms with Crippen LogP contribution < -0.4 is 21.3 Å². The molecule has 1 heterocycles. The Morgan fingerprint density at radius 2 is 1.73 bits per heavy atom. The average Bonchev–Trinajstić information content (AvgIpc) is 3.59. The molecule has 0 bridgehead atoms. The first-order valence-corrected chi connectivity index (χ1v) is 12.9. The van der Waals surface area contributed by atoms with Crippen molar-refractivity contribution in [1.29, 1.82) is 0 Å². The SMILES string of the molecule is CC(C)(C)[C@H](NC(=O)OCc1ccccc1)C(=O)N[C@@H](CC1CC1)C(=O)N[C@H](C=O)C[C@@H]1CCNC1=O. The van der Waals surface area contributed by atoms with Crippen LogP contribution in [0.15, 0.2) is 30.3 Å². The molecule has 0 aromatic heterocycles. The maximum atomic E-state index is 13.3. The number of benzene rings is 1. The van der Waals surface area contributed by atoms with E-state index in [0.29, 0.717) is 31.6 Å². The third kappa shape index (κ3) is 8.87. The number of carbonyl (C=O) groups excluding carboxylic acids is 5. The first-order valence-electron chi connectivity index (χ1n) is 12.9. The van der Waals surface area contributed by atoms with Gasteiger partial charge in [0.2, 0.25) is 17.7 Å². The predicted molar refractivity (Wildman–Crippen MR) is 136 cm³/mol. The van der Waals surface area contributed by atoms with E-state index in [9.17, 15) is 24.0 Å². The standard InChI is InChI=1S/C27H38N4O6/c1-27(2,3)22(31-26(36)37-16-18-7-5-4-6-8-18)25(35)30-21(13-17-9-10-17)24(34)29-20(15-32)14-19-11-12-28-23(19)33/h4-8,15,17,19-22H,9-14,16H2,1-3H3,(H,28,33)(H,29,34)(H,30,35)(H,31,36)/t19-,20-,21-,22+/m0/s1. The number of alkyl carbamates (subject to hydrolysis) is 1. The average molecular weight is 515 g/mol. The molecule has 1 aliphatic carbocycles. The van der Waals surface area contributed by atoms with Crippen molar-refractivity contribution < 1.29 is 28.7 Å². The molecular formula is C27H38N4O6. The molecule has 2 aliphatic rings. The Morgan fingerprint density at radius 1 is 1.03 bits per heavy atom. The topological polar surface area (TPSA) is 143 Å². The zero-order chi connectivity index (χ0) is 27.0. The van der Waals surface area contributed by atoms with Gasteiger partial charge in [-0.25, -0.2) is 4.79 Å². The van der Waals surface area contributed by atoms with Crippen LogP contribution in [-0.4, -0.2) is 54.8 Å². The van der Waals surface area contributed by atoms with Gasteiger partial charge in [-0.2, -0.15) is 0 Å². The Kier molecular flexibility index (Phi) is 9.66. The van der Waals surface area contributed by atoms with Crippen LogP contribution in [0.4, 0.5) is 4.79 Å². The molecular weight excluding hydrogens is 476 g/mol. The van der Waals surface area contributed by atoms with E-state index < -0.39 is 41.4 Å². The number of hydrogen-bond acceptors (Lipinski definition) is 6. The normalized spacial score (nSPS) is 19.6. The second kappa shape index (κ2) is 12.7. The van der Waals surface area contributed by atoms with E-state index in [4.69, 9.17) is 4.74 Å². The highest BCUT2D eigenvalue weighted by atomic mass is 16.5. The second-order valence-corrected chi connectivity index (χ2v) is 11.0. The van der Waals surface area contributed by atoms with E-state index in [1.165, 1.54) is 0 Å². The Labute approximate surface area is 217 Å². The van der Waals surface area contributed by atoms with Gasteiger partial charge in [0.1, 0.15) is 25.0 Å². The minimum absolute atomic E-state index is 0.0595. The molecule has 10 heteroatoms. The van der Waals surface area contributed by atoms with Gasteiger partial charge in [0.05, 0.1) is 6.04 Å². The van der Waals surface area contributed by atoms with Crippen LogP contribution in [0.1, 0.15) is 58.4 Å². The fourth-order valence-corrected chi connectivity index (χ4v) is 4.34. The summed E-state index contributed by atoms with van der Waals surface area (Å²) in [5.74, 6) is -1.13. The largest absolute Gasteiger partial charge is 0.445 e. The summed E-state index contributed by atoms with van der Waals surface area (Å²) in [5, 5.41) is 10.9. The molecule has 4 amide bonds. The summed E-state index contributed by atoms with van der Waals surface area (Å²) >= 11 is 0. The molecule has 4 N–H and O–H groups in total. The summed E-state index contributed by atoms with van der Waals surface area (Å²) in [7, 11) is 0. The van der Waals surface area contributed by atoms with Crippen molar-refractivity contribution in [3.05, 3.63) is 35.9 Å². The first-order chi connectivity index (χ1) is 17.6. The summed E-state index contributed by atoms with van der Waals surface area (Å²) in [6, 6.07) is 6.53. The van der Waals surface area contributed by atoms with Gasteiger partial charge >= 0.3 is 6.09 Å². The number of nitrogens with one attached hydrogen (secondary N) is 4. The lowest BCUT2D eigenvalue weighted by Gasteiger charge is -2.31. The number of ether oxygens (including phenoxy) is 1. The molecule has 37 heavy (non-hydrogen) atoms. The lowest BCUT2D eigenvalue weighted by Crippen LogP contribution is -2.58. The van der Waals surface area contributed by atoms with Crippen molar-refractivity contribution in [3.8, 4) is 0 Å². The Hall–Kier alpha value is -3.43. The number of hydrogen-bond donors (Lipinski definition) is 4. The summed E-state index contributed by atoms with van der Waals surface area (Å²) in [4.78, 5) is 62.5. The van der Waals surface area contributed by atoms with Crippen molar-refractivity contribution in [2.75, 3.05) is 6.54 Å². The van der Waals surface area contributed by atoms with Gasteiger partial charge < -0.3 is 30.8 Å². The summed E-state index contributed by atoms with van der Waals surface area (Å²) in [5.41, 5.74) is 0.146. The molecule has 1 saturated heterocycles.